The minimum absolute atomic E-state index is 0.150. The predicted octanol–water partition coefficient (Wildman–Crippen LogP) is 3.10. The molecule has 0 unspecified atom stereocenters. The lowest BCUT2D eigenvalue weighted by atomic mass is 10.1. The number of nitrogens with one attached hydrogen (secondary N) is 1. The fourth-order valence-electron chi connectivity index (χ4n) is 2.78. The molecule has 0 radical (unpaired) electrons. The maximum Gasteiger partial charge on any atom is 0.337 e. The number of rotatable bonds is 8. The summed E-state index contributed by atoms with van der Waals surface area (Å²) in [6.07, 6.45) is 0. The van der Waals surface area contributed by atoms with Crippen LogP contribution in [-0.4, -0.2) is 39.5 Å². The van der Waals surface area contributed by atoms with Crippen molar-refractivity contribution in [3.8, 4) is 0 Å². The van der Waals surface area contributed by atoms with E-state index in [1.807, 2.05) is 31.3 Å². The number of esters is 1. The minimum Gasteiger partial charge on any atom is -0.465 e. The van der Waals surface area contributed by atoms with Gasteiger partial charge in [0.15, 0.2) is 0 Å². The van der Waals surface area contributed by atoms with E-state index in [2.05, 4.69) is 28.2 Å². The lowest BCUT2D eigenvalue weighted by Gasteiger charge is -2.22. The van der Waals surface area contributed by atoms with Crippen LogP contribution in [0.2, 0.25) is 0 Å². The van der Waals surface area contributed by atoms with Gasteiger partial charge in [-0.15, -0.1) is 0 Å². The zero-order chi connectivity index (χ0) is 20.9. The zero-order valence-corrected chi connectivity index (χ0v) is 17.8. The molecule has 0 aliphatic heterocycles. The number of carbonyl (C=O) groups excluding carboxylic acids is 1. The number of hydrogen-bond acceptors (Lipinski definition) is 5. The van der Waals surface area contributed by atoms with E-state index in [9.17, 15) is 13.2 Å². The average molecular weight is 405 g/mol. The number of carbonyl (C=O) groups is 1. The summed E-state index contributed by atoms with van der Waals surface area (Å²) in [5, 5.41) is 0. The van der Waals surface area contributed by atoms with Gasteiger partial charge in [-0.2, -0.15) is 0 Å². The molecule has 28 heavy (non-hydrogen) atoms. The maximum absolute atomic E-state index is 12.8. The molecule has 0 aliphatic carbocycles. The van der Waals surface area contributed by atoms with Crippen LogP contribution < -0.4 is 4.72 Å². The van der Waals surface area contributed by atoms with Crippen LogP contribution in [0.4, 0.5) is 0 Å². The maximum atomic E-state index is 12.8. The second kappa shape index (κ2) is 9.32. The number of benzene rings is 2. The van der Waals surface area contributed by atoms with Gasteiger partial charge in [0.2, 0.25) is 10.0 Å². The van der Waals surface area contributed by atoms with E-state index in [0.29, 0.717) is 17.2 Å². The Bertz CT molecular complexity index is 939. The summed E-state index contributed by atoms with van der Waals surface area (Å²) in [7, 11) is -0.386. The van der Waals surface area contributed by atoms with Crippen molar-refractivity contribution in [1.29, 1.82) is 0 Å². The topological polar surface area (TPSA) is 75.7 Å². The van der Waals surface area contributed by atoms with Crippen molar-refractivity contribution in [3.05, 3.63) is 64.7 Å². The first-order chi connectivity index (χ1) is 13.2. The van der Waals surface area contributed by atoms with Gasteiger partial charge in [-0.25, -0.2) is 17.9 Å². The fraction of sp³-hybridized carbons (Fsp3) is 0.381. The molecule has 2 aromatic rings. The van der Waals surface area contributed by atoms with Crippen LogP contribution in [0.1, 0.15) is 40.9 Å². The highest BCUT2D eigenvalue weighted by Gasteiger charge is 2.19. The van der Waals surface area contributed by atoms with Crippen molar-refractivity contribution in [3.63, 3.8) is 0 Å². The number of hydrogen-bond donors (Lipinski definition) is 1. The summed E-state index contributed by atoms with van der Waals surface area (Å²) in [6.45, 7) is 6.83. The van der Waals surface area contributed by atoms with E-state index in [4.69, 9.17) is 0 Å². The average Bonchev–Trinajstić information content (AvgIpc) is 2.66. The van der Waals surface area contributed by atoms with E-state index < -0.39 is 16.0 Å². The molecule has 7 heteroatoms. The van der Waals surface area contributed by atoms with Crippen LogP contribution in [0.5, 0.6) is 0 Å². The van der Waals surface area contributed by atoms with E-state index >= 15 is 0 Å². The molecule has 2 aromatic carbocycles. The molecular weight excluding hydrogens is 376 g/mol. The number of ether oxygens (including phenoxy) is 1. The number of methoxy groups -OCH3 is 1. The lowest BCUT2D eigenvalue weighted by molar-refractivity contribution is 0.0600. The lowest BCUT2D eigenvalue weighted by Crippen LogP contribution is -2.28. The fourth-order valence-corrected chi connectivity index (χ4v) is 4.01. The molecule has 0 heterocycles. The van der Waals surface area contributed by atoms with Crippen molar-refractivity contribution in [2.75, 3.05) is 14.2 Å². The number of sulfonamides is 1. The van der Waals surface area contributed by atoms with Crippen LogP contribution >= 0.6 is 0 Å². The van der Waals surface area contributed by atoms with Crippen molar-refractivity contribution in [2.45, 2.75) is 44.8 Å². The van der Waals surface area contributed by atoms with Gasteiger partial charge in [-0.1, -0.05) is 24.3 Å². The highest BCUT2D eigenvalue weighted by Crippen LogP contribution is 2.19. The van der Waals surface area contributed by atoms with E-state index in [-0.39, 0.29) is 11.4 Å². The highest BCUT2D eigenvalue weighted by molar-refractivity contribution is 7.89. The summed E-state index contributed by atoms with van der Waals surface area (Å²) in [6, 6.07) is 12.6. The Morgan fingerprint density at radius 2 is 1.79 bits per heavy atom. The largest absolute Gasteiger partial charge is 0.465 e. The van der Waals surface area contributed by atoms with Gasteiger partial charge in [-0.05, 0) is 62.7 Å². The Balaban J connectivity index is 2.20. The predicted molar refractivity (Wildman–Crippen MR) is 110 cm³/mol. The zero-order valence-electron chi connectivity index (χ0n) is 17.0. The van der Waals surface area contributed by atoms with Crippen molar-refractivity contribution < 1.29 is 17.9 Å². The van der Waals surface area contributed by atoms with Crippen LogP contribution in [0.25, 0.3) is 0 Å². The molecule has 0 saturated carbocycles. The van der Waals surface area contributed by atoms with Crippen molar-refractivity contribution in [2.24, 2.45) is 0 Å². The summed E-state index contributed by atoms with van der Waals surface area (Å²) in [4.78, 5) is 14.0. The summed E-state index contributed by atoms with van der Waals surface area (Å²) in [5.74, 6) is -0.497. The Labute approximate surface area is 167 Å². The smallest absolute Gasteiger partial charge is 0.337 e. The molecule has 1 N–H and O–H groups in total. The Kier molecular flexibility index (Phi) is 7.35. The molecule has 0 saturated heterocycles. The SMILES string of the molecule is COC(=O)c1ccc(S(=O)(=O)NCc2ccccc2CN(C)C(C)C)c(C)c1. The summed E-state index contributed by atoms with van der Waals surface area (Å²) >= 11 is 0. The van der Waals surface area contributed by atoms with Crippen LogP contribution in [0.15, 0.2) is 47.4 Å². The van der Waals surface area contributed by atoms with Crippen molar-refractivity contribution in [1.82, 2.24) is 9.62 Å². The monoisotopic (exact) mass is 404 g/mol. The van der Waals surface area contributed by atoms with E-state index in [1.165, 1.54) is 25.3 Å². The van der Waals surface area contributed by atoms with Crippen LogP contribution in [0.3, 0.4) is 0 Å². The quantitative estimate of drug-likeness (QED) is 0.684. The number of nitrogens with zero attached hydrogens (tertiary/aromatic N) is 1. The molecule has 0 bridgehead atoms. The third-order valence-corrected chi connectivity index (χ3v) is 6.32. The Hall–Kier alpha value is -2.22. The van der Waals surface area contributed by atoms with E-state index in [1.54, 1.807) is 6.92 Å². The second-order valence-corrected chi connectivity index (χ2v) is 8.81. The summed E-state index contributed by atoms with van der Waals surface area (Å²) < 4.78 is 32.9. The number of aryl methyl sites for hydroxylation is 1. The molecule has 0 atom stereocenters. The van der Waals surface area contributed by atoms with Crippen molar-refractivity contribution >= 4 is 16.0 Å². The third kappa shape index (κ3) is 5.41. The van der Waals surface area contributed by atoms with Gasteiger partial charge in [0, 0.05) is 19.1 Å². The third-order valence-electron chi connectivity index (χ3n) is 4.76. The molecule has 0 fully saturated rings. The second-order valence-electron chi connectivity index (χ2n) is 7.07. The van der Waals surface area contributed by atoms with Crippen LogP contribution in [0, 0.1) is 6.92 Å². The van der Waals surface area contributed by atoms with E-state index in [0.717, 1.165) is 17.7 Å². The summed E-state index contributed by atoms with van der Waals surface area (Å²) in [5.41, 5.74) is 2.82. The first-order valence-electron chi connectivity index (χ1n) is 9.11. The Morgan fingerprint density at radius 3 is 2.36 bits per heavy atom. The molecule has 0 aromatic heterocycles. The van der Waals surface area contributed by atoms with Gasteiger partial charge in [0.05, 0.1) is 17.6 Å². The highest BCUT2D eigenvalue weighted by atomic mass is 32.2. The van der Waals surface area contributed by atoms with Gasteiger partial charge in [-0.3, -0.25) is 4.90 Å². The molecule has 6 nitrogen and oxygen atoms in total. The normalized spacial score (nSPS) is 11.8. The molecule has 0 spiro atoms. The van der Waals surface area contributed by atoms with Gasteiger partial charge < -0.3 is 4.74 Å². The molecule has 152 valence electrons. The molecule has 0 amide bonds. The first kappa shape index (κ1) is 22.1. The van der Waals surface area contributed by atoms with Crippen LogP contribution in [-0.2, 0) is 27.8 Å². The first-order valence-corrected chi connectivity index (χ1v) is 10.6. The molecule has 2 rings (SSSR count). The molecular formula is C21H28N2O4S. The van der Waals surface area contributed by atoms with Gasteiger partial charge >= 0.3 is 5.97 Å². The minimum atomic E-state index is -3.72. The van der Waals surface area contributed by atoms with Gasteiger partial charge in [0.1, 0.15) is 0 Å². The molecule has 0 aliphatic rings. The van der Waals surface area contributed by atoms with Gasteiger partial charge in [0.25, 0.3) is 0 Å². The Morgan fingerprint density at radius 1 is 1.14 bits per heavy atom. The standard InChI is InChI=1S/C21H28N2O4S/c1-15(2)23(4)14-19-9-7-6-8-18(19)13-22-28(25,26)20-11-10-17(12-16(20)3)21(24)27-5/h6-12,15,22H,13-14H2,1-5H3.